The lowest BCUT2D eigenvalue weighted by Crippen LogP contribution is -2.34. The number of ether oxygens (including phenoxy) is 1. The number of hydrogen-bond donors (Lipinski definition) is 1. The van der Waals surface area contributed by atoms with Gasteiger partial charge in [-0.05, 0) is 51.3 Å². The van der Waals surface area contributed by atoms with Gasteiger partial charge in [0.25, 0.3) is 0 Å². The fraction of sp³-hybridized carbons (Fsp3) is 0.571. The van der Waals surface area contributed by atoms with Gasteiger partial charge in [0.1, 0.15) is 5.60 Å². The molecule has 4 nitrogen and oxygen atoms in total. The Morgan fingerprint density at radius 2 is 2.17 bits per heavy atom. The van der Waals surface area contributed by atoms with E-state index in [-0.39, 0.29) is 6.04 Å². The lowest BCUT2D eigenvalue weighted by molar-refractivity contribution is 0.0508. The first-order valence-electron chi connectivity index (χ1n) is 6.25. The molecule has 0 aromatic carbocycles. The van der Waals surface area contributed by atoms with E-state index in [0.717, 1.165) is 17.5 Å². The fourth-order valence-electron chi connectivity index (χ4n) is 1.72. The van der Waals surface area contributed by atoms with Crippen LogP contribution in [0.5, 0.6) is 0 Å². The Labute approximate surface area is 109 Å². The summed E-state index contributed by atoms with van der Waals surface area (Å²) in [6.45, 7) is 9.56. The SMILES string of the molecule is CCc1cnccc1C(C)NC(=O)OC(C)(C)C. The highest BCUT2D eigenvalue weighted by Crippen LogP contribution is 2.18. The zero-order valence-corrected chi connectivity index (χ0v) is 11.8. The number of hydrogen-bond acceptors (Lipinski definition) is 3. The van der Waals surface area contributed by atoms with Crippen molar-refractivity contribution in [2.75, 3.05) is 0 Å². The van der Waals surface area contributed by atoms with Crippen LogP contribution in [0, 0.1) is 0 Å². The number of carbonyl (C=O) groups excluding carboxylic acids is 1. The second kappa shape index (κ2) is 5.85. The molecule has 1 aromatic rings. The van der Waals surface area contributed by atoms with Gasteiger partial charge >= 0.3 is 6.09 Å². The molecule has 1 rings (SSSR count). The number of alkyl carbamates (subject to hydrolysis) is 1. The highest BCUT2D eigenvalue weighted by Gasteiger charge is 2.19. The molecule has 1 N–H and O–H groups in total. The van der Waals surface area contributed by atoms with Crippen molar-refractivity contribution in [2.24, 2.45) is 0 Å². The monoisotopic (exact) mass is 250 g/mol. The summed E-state index contributed by atoms with van der Waals surface area (Å²) in [5.41, 5.74) is 1.75. The summed E-state index contributed by atoms with van der Waals surface area (Å²) >= 11 is 0. The molecule has 0 aliphatic rings. The van der Waals surface area contributed by atoms with Gasteiger partial charge in [0.2, 0.25) is 0 Å². The Bertz CT molecular complexity index is 411. The van der Waals surface area contributed by atoms with Gasteiger partial charge in [0.15, 0.2) is 0 Å². The number of carbonyl (C=O) groups is 1. The van der Waals surface area contributed by atoms with Crippen molar-refractivity contribution in [3.05, 3.63) is 29.6 Å². The summed E-state index contributed by atoms with van der Waals surface area (Å²) in [6.07, 6.45) is 4.07. The average molecular weight is 250 g/mol. The summed E-state index contributed by atoms with van der Waals surface area (Å²) in [5, 5.41) is 2.84. The minimum atomic E-state index is -0.477. The summed E-state index contributed by atoms with van der Waals surface area (Å²) in [7, 11) is 0. The molecule has 0 saturated heterocycles. The van der Waals surface area contributed by atoms with Crippen LogP contribution in [-0.4, -0.2) is 16.7 Å². The third-order valence-electron chi connectivity index (χ3n) is 2.52. The first-order valence-corrected chi connectivity index (χ1v) is 6.25. The maximum absolute atomic E-state index is 11.7. The van der Waals surface area contributed by atoms with E-state index in [1.807, 2.05) is 40.0 Å². The molecule has 4 heteroatoms. The molecule has 1 amide bonds. The van der Waals surface area contributed by atoms with Gasteiger partial charge in [-0.15, -0.1) is 0 Å². The van der Waals surface area contributed by atoms with Gasteiger partial charge in [0.05, 0.1) is 6.04 Å². The molecule has 1 heterocycles. The van der Waals surface area contributed by atoms with E-state index in [1.165, 1.54) is 0 Å². The summed E-state index contributed by atoms with van der Waals surface area (Å²) in [4.78, 5) is 15.8. The molecule has 0 aliphatic heterocycles. The molecule has 100 valence electrons. The van der Waals surface area contributed by atoms with Crippen molar-refractivity contribution in [3.8, 4) is 0 Å². The third-order valence-corrected chi connectivity index (χ3v) is 2.52. The van der Waals surface area contributed by atoms with Crippen LogP contribution >= 0.6 is 0 Å². The molecule has 0 radical (unpaired) electrons. The lowest BCUT2D eigenvalue weighted by Gasteiger charge is -2.22. The van der Waals surface area contributed by atoms with E-state index >= 15 is 0 Å². The van der Waals surface area contributed by atoms with Gasteiger partial charge in [0, 0.05) is 12.4 Å². The van der Waals surface area contributed by atoms with Crippen LogP contribution in [0.25, 0.3) is 0 Å². The van der Waals surface area contributed by atoms with E-state index in [4.69, 9.17) is 4.74 Å². The number of rotatable bonds is 3. The van der Waals surface area contributed by atoms with E-state index in [0.29, 0.717) is 0 Å². The lowest BCUT2D eigenvalue weighted by atomic mass is 10.0. The van der Waals surface area contributed by atoms with Crippen LogP contribution < -0.4 is 5.32 Å². The Morgan fingerprint density at radius 1 is 1.50 bits per heavy atom. The van der Waals surface area contributed by atoms with Crippen LogP contribution in [-0.2, 0) is 11.2 Å². The van der Waals surface area contributed by atoms with E-state index in [2.05, 4.69) is 17.2 Å². The number of aromatic nitrogens is 1. The number of nitrogens with zero attached hydrogens (tertiary/aromatic N) is 1. The average Bonchev–Trinajstić information content (AvgIpc) is 2.26. The number of amides is 1. The first-order chi connectivity index (χ1) is 8.33. The topological polar surface area (TPSA) is 51.2 Å². The van der Waals surface area contributed by atoms with Crippen molar-refractivity contribution >= 4 is 6.09 Å². The van der Waals surface area contributed by atoms with Crippen LogP contribution in [0.4, 0.5) is 4.79 Å². The number of nitrogens with one attached hydrogen (secondary N) is 1. The molecule has 0 bridgehead atoms. The van der Waals surface area contributed by atoms with E-state index in [1.54, 1.807) is 6.20 Å². The van der Waals surface area contributed by atoms with Crippen LogP contribution in [0.3, 0.4) is 0 Å². The van der Waals surface area contributed by atoms with Crippen molar-refractivity contribution in [1.29, 1.82) is 0 Å². The van der Waals surface area contributed by atoms with Gasteiger partial charge in [-0.2, -0.15) is 0 Å². The van der Waals surface area contributed by atoms with Gasteiger partial charge in [-0.3, -0.25) is 4.98 Å². The normalized spacial score (nSPS) is 12.9. The molecule has 1 atom stereocenters. The third kappa shape index (κ3) is 4.35. The Hall–Kier alpha value is -1.58. The van der Waals surface area contributed by atoms with Crippen LogP contribution in [0.1, 0.15) is 51.8 Å². The van der Waals surface area contributed by atoms with Crippen molar-refractivity contribution in [3.63, 3.8) is 0 Å². The van der Waals surface area contributed by atoms with Gasteiger partial charge in [-0.1, -0.05) is 6.92 Å². The summed E-state index contributed by atoms with van der Waals surface area (Å²) in [6, 6.07) is 1.85. The molecular weight excluding hydrogens is 228 g/mol. The predicted molar refractivity (Wildman–Crippen MR) is 71.4 cm³/mol. The fourth-order valence-corrected chi connectivity index (χ4v) is 1.72. The van der Waals surface area contributed by atoms with Crippen molar-refractivity contribution < 1.29 is 9.53 Å². The molecule has 18 heavy (non-hydrogen) atoms. The van der Waals surface area contributed by atoms with E-state index in [9.17, 15) is 4.79 Å². The molecule has 0 aliphatic carbocycles. The molecule has 1 unspecified atom stereocenters. The predicted octanol–water partition coefficient (Wildman–Crippen LogP) is 3.23. The number of pyridine rings is 1. The minimum Gasteiger partial charge on any atom is -0.444 e. The van der Waals surface area contributed by atoms with Crippen LogP contribution in [0.15, 0.2) is 18.5 Å². The molecular formula is C14H22N2O2. The molecule has 0 saturated carbocycles. The summed E-state index contributed by atoms with van der Waals surface area (Å²) < 4.78 is 5.24. The zero-order chi connectivity index (χ0) is 13.8. The Kier molecular flexibility index (Phi) is 4.70. The van der Waals surface area contributed by atoms with E-state index < -0.39 is 11.7 Å². The molecule has 0 spiro atoms. The van der Waals surface area contributed by atoms with Crippen LogP contribution in [0.2, 0.25) is 0 Å². The quantitative estimate of drug-likeness (QED) is 0.896. The van der Waals surface area contributed by atoms with Gasteiger partial charge in [-0.25, -0.2) is 4.79 Å². The first kappa shape index (κ1) is 14.5. The standard InChI is InChI=1S/C14H22N2O2/c1-6-11-9-15-8-7-12(11)10(2)16-13(17)18-14(3,4)5/h7-10H,6H2,1-5H3,(H,16,17). The minimum absolute atomic E-state index is 0.0854. The van der Waals surface area contributed by atoms with Gasteiger partial charge < -0.3 is 10.1 Å². The second-order valence-electron chi connectivity index (χ2n) is 5.30. The largest absolute Gasteiger partial charge is 0.444 e. The molecule has 1 aromatic heterocycles. The maximum Gasteiger partial charge on any atom is 0.408 e. The smallest absolute Gasteiger partial charge is 0.408 e. The maximum atomic E-state index is 11.7. The van der Waals surface area contributed by atoms with Crippen molar-refractivity contribution in [1.82, 2.24) is 10.3 Å². The second-order valence-corrected chi connectivity index (χ2v) is 5.30. The molecule has 0 fully saturated rings. The zero-order valence-electron chi connectivity index (χ0n) is 11.8. The highest BCUT2D eigenvalue weighted by molar-refractivity contribution is 5.68. The summed E-state index contributed by atoms with van der Waals surface area (Å²) in [5.74, 6) is 0. The van der Waals surface area contributed by atoms with Crippen molar-refractivity contribution in [2.45, 2.75) is 52.7 Å². The number of aryl methyl sites for hydroxylation is 1. The Morgan fingerprint density at radius 3 is 2.72 bits per heavy atom. The Balaban J connectivity index is 2.70. The highest BCUT2D eigenvalue weighted by atomic mass is 16.6.